The molecule has 0 bridgehead atoms. The van der Waals surface area contributed by atoms with E-state index in [1.165, 1.54) is 64.2 Å². The number of hydrogen-bond acceptors (Lipinski definition) is 2. The molecule has 1 aliphatic rings. The van der Waals surface area contributed by atoms with Gasteiger partial charge in [0.2, 0.25) is 0 Å². The highest BCUT2D eigenvalue weighted by Gasteiger charge is 2.25. The number of alkyl halides is 3. The van der Waals surface area contributed by atoms with Crippen LogP contribution in [0.5, 0.6) is 0 Å². The van der Waals surface area contributed by atoms with Gasteiger partial charge in [0, 0.05) is 26.2 Å². The summed E-state index contributed by atoms with van der Waals surface area (Å²) in [6, 6.07) is 0. The fourth-order valence-electron chi connectivity index (χ4n) is 3.65. The van der Waals surface area contributed by atoms with Crippen LogP contribution in [0, 0.1) is 0 Å². The lowest BCUT2D eigenvalue weighted by atomic mass is 10.0. The maximum Gasteiger partial charge on any atom is 0.389 e. The Morgan fingerprint density at radius 2 is 1.26 bits per heavy atom. The highest BCUT2D eigenvalue weighted by atomic mass is 19.4. The lowest BCUT2D eigenvalue weighted by Gasteiger charge is -2.22. The molecule has 1 aliphatic heterocycles. The Labute approximate surface area is 164 Å². The van der Waals surface area contributed by atoms with E-state index in [1.54, 1.807) is 0 Å². The quantitative estimate of drug-likeness (QED) is 0.237. The number of hydrogen-bond donors (Lipinski definition) is 0. The number of unbranched alkanes of at least 4 members (excludes halogenated alkanes) is 11. The first-order chi connectivity index (χ1) is 13.1. The van der Waals surface area contributed by atoms with Gasteiger partial charge in [-0.2, -0.15) is 13.2 Å². The fourth-order valence-corrected chi connectivity index (χ4v) is 3.65. The molecule has 0 aliphatic carbocycles. The highest BCUT2D eigenvalue weighted by Crippen LogP contribution is 2.23. The summed E-state index contributed by atoms with van der Waals surface area (Å²) in [6.07, 6.45) is 13.6. The van der Waals surface area contributed by atoms with Crippen LogP contribution in [-0.2, 0) is 9.47 Å². The molecule has 27 heavy (non-hydrogen) atoms. The van der Waals surface area contributed by atoms with Gasteiger partial charge in [-0.05, 0) is 38.5 Å². The number of halogens is 3. The first-order valence-corrected chi connectivity index (χ1v) is 11.3. The third-order valence-corrected chi connectivity index (χ3v) is 5.36. The fraction of sp³-hybridized carbons (Fsp3) is 1.00. The van der Waals surface area contributed by atoms with E-state index in [4.69, 9.17) is 9.47 Å². The van der Waals surface area contributed by atoms with Crippen LogP contribution in [0.25, 0.3) is 0 Å². The molecule has 2 nitrogen and oxygen atoms in total. The van der Waals surface area contributed by atoms with E-state index in [-0.39, 0.29) is 0 Å². The second-order valence-corrected chi connectivity index (χ2v) is 8.00. The Morgan fingerprint density at radius 3 is 1.78 bits per heavy atom. The molecule has 162 valence electrons. The van der Waals surface area contributed by atoms with Gasteiger partial charge in [0.25, 0.3) is 0 Å². The second kappa shape index (κ2) is 16.6. The predicted molar refractivity (Wildman–Crippen MR) is 105 cm³/mol. The van der Waals surface area contributed by atoms with Gasteiger partial charge < -0.3 is 9.47 Å². The summed E-state index contributed by atoms with van der Waals surface area (Å²) in [5, 5.41) is 0. The standard InChI is InChI=1S/C22H41F3O2/c23-22(24,25)17-12-9-7-5-3-1-2-4-6-8-10-13-18-26-20-16-21-15-11-14-19-27-21/h21H,1-20H2. The molecule has 0 aromatic carbocycles. The van der Waals surface area contributed by atoms with E-state index in [2.05, 4.69) is 0 Å². The molecule has 5 heteroatoms. The molecular formula is C22H41F3O2. The van der Waals surface area contributed by atoms with Crippen molar-refractivity contribution in [2.24, 2.45) is 0 Å². The molecule has 0 radical (unpaired) electrons. The van der Waals surface area contributed by atoms with Gasteiger partial charge in [-0.15, -0.1) is 0 Å². The molecule has 0 N–H and O–H groups in total. The Balaban J connectivity index is 1.67. The predicted octanol–water partition coefficient (Wildman–Crippen LogP) is 7.60. The molecule has 1 heterocycles. The lowest BCUT2D eigenvalue weighted by molar-refractivity contribution is -0.135. The smallest absolute Gasteiger partial charge is 0.381 e. The van der Waals surface area contributed by atoms with Gasteiger partial charge in [0.05, 0.1) is 6.10 Å². The monoisotopic (exact) mass is 394 g/mol. The average Bonchev–Trinajstić information content (AvgIpc) is 2.64. The van der Waals surface area contributed by atoms with Crippen LogP contribution in [0.2, 0.25) is 0 Å². The van der Waals surface area contributed by atoms with Gasteiger partial charge in [0.15, 0.2) is 0 Å². The van der Waals surface area contributed by atoms with Crippen molar-refractivity contribution in [2.45, 2.75) is 121 Å². The summed E-state index contributed by atoms with van der Waals surface area (Å²) >= 11 is 0. The van der Waals surface area contributed by atoms with E-state index in [0.717, 1.165) is 51.9 Å². The van der Waals surface area contributed by atoms with Crippen molar-refractivity contribution in [3.8, 4) is 0 Å². The second-order valence-electron chi connectivity index (χ2n) is 8.00. The summed E-state index contributed by atoms with van der Waals surface area (Å²) < 4.78 is 47.4. The van der Waals surface area contributed by atoms with E-state index in [9.17, 15) is 13.2 Å². The van der Waals surface area contributed by atoms with Crippen LogP contribution in [0.15, 0.2) is 0 Å². The van der Waals surface area contributed by atoms with Gasteiger partial charge in [-0.3, -0.25) is 0 Å². The van der Waals surface area contributed by atoms with Crippen LogP contribution in [0.4, 0.5) is 13.2 Å². The summed E-state index contributed by atoms with van der Waals surface area (Å²) in [4.78, 5) is 0. The van der Waals surface area contributed by atoms with E-state index >= 15 is 0 Å². The molecule has 0 aromatic heterocycles. The van der Waals surface area contributed by atoms with Gasteiger partial charge >= 0.3 is 6.18 Å². The van der Waals surface area contributed by atoms with Crippen molar-refractivity contribution in [1.29, 1.82) is 0 Å². The van der Waals surface area contributed by atoms with Gasteiger partial charge in [-0.1, -0.05) is 64.2 Å². The number of ether oxygens (including phenoxy) is 2. The summed E-state index contributed by atoms with van der Waals surface area (Å²) in [6.45, 7) is 2.63. The van der Waals surface area contributed by atoms with Crippen molar-refractivity contribution >= 4 is 0 Å². The van der Waals surface area contributed by atoms with E-state index < -0.39 is 12.6 Å². The molecule has 0 aromatic rings. The maximum absolute atomic E-state index is 12.0. The van der Waals surface area contributed by atoms with Crippen LogP contribution in [-0.4, -0.2) is 32.1 Å². The Hall–Kier alpha value is -0.290. The van der Waals surface area contributed by atoms with Crippen LogP contribution < -0.4 is 0 Å². The van der Waals surface area contributed by atoms with Crippen molar-refractivity contribution in [1.82, 2.24) is 0 Å². The molecule has 0 spiro atoms. The average molecular weight is 395 g/mol. The molecular weight excluding hydrogens is 353 g/mol. The zero-order chi connectivity index (χ0) is 19.6. The van der Waals surface area contributed by atoms with Crippen molar-refractivity contribution in [3.63, 3.8) is 0 Å². The SMILES string of the molecule is FC(F)(F)CCCCCCCCCCCCCCOCCC1CCCCO1. The zero-order valence-corrected chi connectivity index (χ0v) is 17.2. The Morgan fingerprint density at radius 1 is 0.704 bits per heavy atom. The van der Waals surface area contributed by atoms with Gasteiger partial charge in [0.1, 0.15) is 0 Å². The first kappa shape index (κ1) is 24.7. The minimum absolute atomic E-state index is 0.293. The molecule has 1 atom stereocenters. The highest BCUT2D eigenvalue weighted by molar-refractivity contribution is 4.63. The molecule has 1 unspecified atom stereocenters. The van der Waals surface area contributed by atoms with Crippen LogP contribution >= 0.6 is 0 Å². The first-order valence-electron chi connectivity index (χ1n) is 11.3. The third kappa shape index (κ3) is 17.5. The topological polar surface area (TPSA) is 18.5 Å². The largest absolute Gasteiger partial charge is 0.389 e. The zero-order valence-electron chi connectivity index (χ0n) is 17.2. The molecule has 0 saturated carbocycles. The maximum atomic E-state index is 12.0. The summed E-state index contributed by atoms with van der Waals surface area (Å²) in [7, 11) is 0. The summed E-state index contributed by atoms with van der Waals surface area (Å²) in [5.41, 5.74) is 0. The molecule has 1 rings (SSSR count). The minimum atomic E-state index is -3.98. The minimum Gasteiger partial charge on any atom is -0.381 e. The summed E-state index contributed by atoms with van der Waals surface area (Å²) in [5.74, 6) is 0. The Kier molecular flexibility index (Phi) is 15.3. The molecule has 0 amide bonds. The normalized spacial score (nSPS) is 18.1. The third-order valence-electron chi connectivity index (χ3n) is 5.36. The van der Waals surface area contributed by atoms with E-state index in [1.807, 2.05) is 0 Å². The van der Waals surface area contributed by atoms with Crippen molar-refractivity contribution in [3.05, 3.63) is 0 Å². The van der Waals surface area contributed by atoms with Crippen molar-refractivity contribution < 1.29 is 22.6 Å². The van der Waals surface area contributed by atoms with Crippen LogP contribution in [0.1, 0.15) is 109 Å². The van der Waals surface area contributed by atoms with Crippen LogP contribution in [0.3, 0.4) is 0 Å². The van der Waals surface area contributed by atoms with E-state index in [0.29, 0.717) is 12.5 Å². The molecule has 1 saturated heterocycles. The molecule has 1 fully saturated rings. The number of rotatable bonds is 17. The Bertz CT molecular complexity index is 315. The van der Waals surface area contributed by atoms with Crippen molar-refractivity contribution in [2.75, 3.05) is 19.8 Å². The lowest BCUT2D eigenvalue weighted by Crippen LogP contribution is -2.20. The van der Waals surface area contributed by atoms with Gasteiger partial charge in [-0.25, -0.2) is 0 Å².